The molecule has 0 atom stereocenters. The van der Waals surface area contributed by atoms with E-state index in [-0.39, 0.29) is 35.4 Å². The van der Waals surface area contributed by atoms with Crippen LogP contribution in [-0.4, -0.2) is 48.8 Å². The number of thiophene rings is 1. The molecule has 4 rings (SSSR count). The Morgan fingerprint density at radius 3 is 2.77 bits per heavy atom. The molecule has 0 unspecified atom stereocenters. The third kappa shape index (κ3) is 4.54. The largest absolute Gasteiger partial charge is 0.353 e. The number of fused-ring (bicyclic) bond motifs is 1. The number of carbonyl (C=O) groups excluding carboxylic acids is 3. The van der Waals surface area contributed by atoms with E-state index in [1.54, 1.807) is 12.1 Å². The number of hydrogen-bond acceptors (Lipinski definition) is 5. The highest BCUT2D eigenvalue weighted by Gasteiger charge is 2.36. The highest BCUT2D eigenvalue weighted by Crippen LogP contribution is 2.41. The summed E-state index contributed by atoms with van der Waals surface area (Å²) in [6.45, 7) is 5.24. The number of amides is 3. The molecule has 1 saturated heterocycles. The molecule has 0 radical (unpaired) electrons. The average molecular weight is 556 g/mol. The maximum atomic E-state index is 14.5. The van der Waals surface area contributed by atoms with Crippen LogP contribution in [0.15, 0.2) is 18.2 Å². The maximum absolute atomic E-state index is 14.5. The normalized spacial score (nSPS) is 18.0. The summed E-state index contributed by atoms with van der Waals surface area (Å²) in [4.78, 5) is 40.1. The summed E-state index contributed by atoms with van der Waals surface area (Å²) in [6.07, 6.45) is 0.509. The van der Waals surface area contributed by atoms with E-state index in [0.29, 0.717) is 47.1 Å². The summed E-state index contributed by atoms with van der Waals surface area (Å²) in [5, 5.41) is 9.08. The fourth-order valence-electron chi connectivity index (χ4n) is 3.76. The number of nitrogens with zero attached hydrogens (tertiary/aromatic N) is 1. The van der Waals surface area contributed by atoms with Crippen LogP contribution in [0, 0.1) is 14.8 Å². The van der Waals surface area contributed by atoms with Crippen LogP contribution in [0.5, 0.6) is 0 Å². The van der Waals surface area contributed by atoms with Gasteiger partial charge < -0.3 is 20.9 Å². The first-order valence-electron chi connectivity index (χ1n) is 9.86. The van der Waals surface area contributed by atoms with Gasteiger partial charge in [0.2, 0.25) is 5.91 Å². The molecule has 3 amide bonds. The van der Waals surface area contributed by atoms with Crippen molar-refractivity contribution in [2.75, 3.05) is 31.5 Å². The van der Waals surface area contributed by atoms with Crippen molar-refractivity contribution in [1.82, 2.24) is 15.5 Å². The lowest BCUT2D eigenvalue weighted by Gasteiger charge is -2.28. The molecule has 7 nitrogen and oxygen atoms in total. The second-order valence-electron chi connectivity index (χ2n) is 8.46. The van der Waals surface area contributed by atoms with Crippen molar-refractivity contribution in [3.05, 3.63) is 43.6 Å². The Balaban J connectivity index is 1.82. The van der Waals surface area contributed by atoms with Gasteiger partial charge in [-0.15, -0.1) is 11.3 Å². The van der Waals surface area contributed by atoms with Gasteiger partial charge in [0.15, 0.2) is 0 Å². The number of halogens is 2. The van der Waals surface area contributed by atoms with E-state index < -0.39 is 5.82 Å². The smallest absolute Gasteiger partial charge is 0.261 e. The minimum absolute atomic E-state index is 0.0453. The molecule has 0 spiro atoms. The number of anilines is 2. The molecule has 0 aliphatic carbocycles. The molecular weight excluding hydrogens is 534 g/mol. The Hall–Kier alpha value is -2.21. The zero-order chi connectivity index (χ0) is 22.3. The van der Waals surface area contributed by atoms with Crippen LogP contribution < -0.4 is 16.0 Å². The van der Waals surface area contributed by atoms with Crippen molar-refractivity contribution in [2.45, 2.75) is 20.3 Å². The SMILES string of the molecule is CC1(C)CNC(=O)c2sc(Nc3ccc(I)cc3F)c(C(=O)N3CCNC(=O)C3)c2C1. The summed E-state index contributed by atoms with van der Waals surface area (Å²) < 4.78 is 15.3. The third-order valence-electron chi connectivity index (χ3n) is 5.31. The van der Waals surface area contributed by atoms with Gasteiger partial charge in [0.1, 0.15) is 10.8 Å². The van der Waals surface area contributed by atoms with E-state index in [1.165, 1.54) is 11.0 Å². The van der Waals surface area contributed by atoms with Gasteiger partial charge in [0, 0.05) is 23.2 Å². The molecule has 2 aliphatic heterocycles. The molecule has 3 heterocycles. The first-order valence-corrected chi connectivity index (χ1v) is 11.8. The lowest BCUT2D eigenvalue weighted by Crippen LogP contribution is -2.50. The van der Waals surface area contributed by atoms with Gasteiger partial charge in [0.05, 0.1) is 22.7 Å². The zero-order valence-corrected chi connectivity index (χ0v) is 20.1. The van der Waals surface area contributed by atoms with Gasteiger partial charge >= 0.3 is 0 Å². The van der Waals surface area contributed by atoms with Crippen molar-refractivity contribution >= 4 is 62.3 Å². The number of rotatable bonds is 3. The predicted octanol–water partition coefficient (Wildman–Crippen LogP) is 3.12. The molecule has 10 heteroatoms. The van der Waals surface area contributed by atoms with Gasteiger partial charge in [-0.25, -0.2) is 4.39 Å². The zero-order valence-electron chi connectivity index (χ0n) is 17.1. The highest BCUT2D eigenvalue weighted by atomic mass is 127. The molecule has 2 aliphatic rings. The van der Waals surface area contributed by atoms with Crippen LogP contribution in [0.3, 0.4) is 0 Å². The molecular formula is C21H22FIN4O3S. The van der Waals surface area contributed by atoms with E-state index in [4.69, 9.17) is 0 Å². The van der Waals surface area contributed by atoms with Gasteiger partial charge in [-0.05, 0) is 58.2 Å². The predicted molar refractivity (Wildman–Crippen MR) is 125 cm³/mol. The quantitative estimate of drug-likeness (QED) is 0.507. The van der Waals surface area contributed by atoms with Crippen LogP contribution in [0.4, 0.5) is 15.1 Å². The minimum atomic E-state index is -0.448. The van der Waals surface area contributed by atoms with Crippen LogP contribution >= 0.6 is 33.9 Å². The van der Waals surface area contributed by atoms with Gasteiger partial charge in [0.25, 0.3) is 11.8 Å². The van der Waals surface area contributed by atoms with Crippen molar-refractivity contribution in [2.24, 2.45) is 5.41 Å². The average Bonchev–Trinajstić information content (AvgIpc) is 2.99. The molecule has 3 N–H and O–H groups in total. The number of nitrogens with one attached hydrogen (secondary N) is 3. The topological polar surface area (TPSA) is 90.5 Å². The molecule has 0 bridgehead atoms. The van der Waals surface area contributed by atoms with Crippen molar-refractivity contribution in [3.8, 4) is 0 Å². The van der Waals surface area contributed by atoms with Crippen molar-refractivity contribution in [3.63, 3.8) is 0 Å². The molecule has 2 aromatic rings. The lowest BCUT2D eigenvalue weighted by atomic mass is 9.85. The first-order chi connectivity index (χ1) is 14.6. The third-order valence-corrected chi connectivity index (χ3v) is 7.13. The Kier molecular flexibility index (Phi) is 5.95. The lowest BCUT2D eigenvalue weighted by molar-refractivity contribution is -0.123. The molecule has 0 saturated carbocycles. The number of benzene rings is 1. The van der Waals surface area contributed by atoms with E-state index in [1.807, 2.05) is 36.4 Å². The fraction of sp³-hybridized carbons (Fsp3) is 0.381. The summed E-state index contributed by atoms with van der Waals surface area (Å²) in [7, 11) is 0. The minimum Gasteiger partial charge on any atom is -0.353 e. The van der Waals surface area contributed by atoms with Crippen LogP contribution in [-0.2, 0) is 11.2 Å². The summed E-state index contributed by atoms with van der Waals surface area (Å²) in [5.41, 5.74) is 0.955. The number of hydrogen-bond donors (Lipinski definition) is 3. The second kappa shape index (κ2) is 8.38. The van der Waals surface area contributed by atoms with Crippen LogP contribution in [0.2, 0.25) is 0 Å². The molecule has 31 heavy (non-hydrogen) atoms. The first kappa shape index (κ1) is 22.0. The van der Waals surface area contributed by atoms with Crippen molar-refractivity contribution in [1.29, 1.82) is 0 Å². The number of piperazine rings is 1. The molecule has 1 aromatic heterocycles. The van der Waals surface area contributed by atoms with E-state index >= 15 is 0 Å². The maximum Gasteiger partial charge on any atom is 0.261 e. The highest BCUT2D eigenvalue weighted by molar-refractivity contribution is 14.1. The van der Waals surface area contributed by atoms with Crippen LogP contribution in [0.25, 0.3) is 0 Å². The monoisotopic (exact) mass is 556 g/mol. The standard InChI is InChI=1S/C21H22FIN4O3S/c1-21(2)8-12-16(20(30)27-6-5-24-15(28)9-27)19(31-17(12)18(29)25-10-21)26-14-4-3-11(23)7-13(14)22/h3-4,7,26H,5-6,8-10H2,1-2H3,(H,24,28)(H,25,29). The second-order valence-corrected chi connectivity index (χ2v) is 10.7. The van der Waals surface area contributed by atoms with E-state index in [0.717, 1.165) is 14.9 Å². The Labute approximate surface area is 196 Å². The summed E-state index contributed by atoms with van der Waals surface area (Å²) >= 11 is 3.17. The summed E-state index contributed by atoms with van der Waals surface area (Å²) in [6, 6.07) is 4.76. The Bertz CT molecular complexity index is 1080. The summed E-state index contributed by atoms with van der Waals surface area (Å²) in [5.74, 6) is -1.24. The van der Waals surface area contributed by atoms with Gasteiger partial charge in [-0.1, -0.05) is 13.8 Å². The Morgan fingerprint density at radius 1 is 1.29 bits per heavy atom. The fourth-order valence-corrected chi connectivity index (χ4v) is 5.35. The number of carbonyl (C=O) groups is 3. The van der Waals surface area contributed by atoms with E-state index in [2.05, 4.69) is 16.0 Å². The molecule has 1 aromatic carbocycles. The van der Waals surface area contributed by atoms with Gasteiger partial charge in [-0.2, -0.15) is 0 Å². The Morgan fingerprint density at radius 2 is 2.06 bits per heavy atom. The van der Waals surface area contributed by atoms with Crippen LogP contribution in [0.1, 0.15) is 39.4 Å². The van der Waals surface area contributed by atoms with Crippen molar-refractivity contribution < 1.29 is 18.8 Å². The molecule has 164 valence electrons. The van der Waals surface area contributed by atoms with E-state index in [9.17, 15) is 18.8 Å². The molecule has 1 fully saturated rings. The van der Waals surface area contributed by atoms with Gasteiger partial charge in [-0.3, -0.25) is 14.4 Å².